The molecule has 0 heteroatoms. The molecule has 0 aliphatic carbocycles. The second-order valence-corrected chi connectivity index (χ2v) is 4.68. The summed E-state index contributed by atoms with van der Waals surface area (Å²) in [6, 6.07) is 0. The Morgan fingerprint density at radius 2 is 1.83 bits per heavy atom. The number of rotatable bonds is 6. The smallest absolute Gasteiger partial charge is 0.0331 e. The zero-order valence-corrected chi connectivity index (χ0v) is 9.19. The molecule has 0 N–H and O–H groups in total. The fourth-order valence-electron chi connectivity index (χ4n) is 1.16. The molecule has 0 fully saturated rings. The lowest BCUT2D eigenvalue weighted by molar-refractivity contribution is 0.222. The van der Waals surface area contributed by atoms with Gasteiger partial charge in [-0.2, -0.15) is 0 Å². The summed E-state index contributed by atoms with van der Waals surface area (Å²) in [6.07, 6.45) is 7.19. The molecule has 0 rings (SSSR count). The van der Waals surface area contributed by atoms with Gasteiger partial charge in [-0.1, -0.05) is 40.2 Å². The van der Waals surface area contributed by atoms with Gasteiger partial charge in [-0.15, -0.1) is 6.58 Å². The van der Waals surface area contributed by atoms with E-state index in [1.807, 2.05) is 6.08 Å². The Bertz CT molecular complexity index is 120. The number of allylic oxidation sites excluding steroid dienone is 1. The van der Waals surface area contributed by atoms with Crippen molar-refractivity contribution in [3.8, 4) is 0 Å². The fraction of sp³-hybridized carbons (Fsp3) is 0.833. The van der Waals surface area contributed by atoms with E-state index < -0.39 is 0 Å². The first-order valence-electron chi connectivity index (χ1n) is 5.11. The molecule has 0 aliphatic heterocycles. The van der Waals surface area contributed by atoms with Gasteiger partial charge in [-0.3, -0.25) is 0 Å². The largest absolute Gasteiger partial charge is 0.103 e. The van der Waals surface area contributed by atoms with E-state index in [2.05, 4.69) is 34.3 Å². The number of unbranched alkanes of at least 4 members (excludes halogenated alkanes) is 2. The molecule has 72 valence electrons. The number of hydrogen-bond acceptors (Lipinski definition) is 0. The molecule has 0 aromatic rings. The highest BCUT2D eigenvalue weighted by atomic mass is 14.3. The molecule has 0 unspecified atom stereocenters. The summed E-state index contributed by atoms with van der Waals surface area (Å²) in [5.74, 6) is 0.793. The summed E-state index contributed by atoms with van der Waals surface area (Å²) < 4.78 is 0. The second kappa shape index (κ2) is 5.40. The minimum absolute atomic E-state index is 0.515. The Balaban J connectivity index is 3.54. The lowest BCUT2D eigenvalue weighted by atomic mass is 9.77. The zero-order chi connectivity index (χ0) is 9.61. The third kappa shape index (κ3) is 4.58. The summed E-state index contributed by atoms with van der Waals surface area (Å²) in [6.45, 7) is 13.1. The van der Waals surface area contributed by atoms with Gasteiger partial charge in [0.15, 0.2) is 0 Å². The van der Waals surface area contributed by atoms with Gasteiger partial charge in [0.2, 0.25) is 0 Å². The topological polar surface area (TPSA) is 0 Å². The lowest BCUT2D eigenvalue weighted by Gasteiger charge is -2.29. The number of hydrogen-bond donors (Lipinski definition) is 0. The Kier molecular flexibility index (Phi) is 5.28. The summed E-state index contributed by atoms with van der Waals surface area (Å²) >= 11 is 0. The van der Waals surface area contributed by atoms with Crippen molar-refractivity contribution in [3.63, 3.8) is 0 Å². The summed E-state index contributed by atoms with van der Waals surface area (Å²) in [5.41, 5.74) is 0.515. The van der Waals surface area contributed by atoms with Gasteiger partial charge in [-0.05, 0) is 30.6 Å². The van der Waals surface area contributed by atoms with Crippen LogP contribution < -0.4 is 0 Å². The summed E-state index contributed by atoms with van der Waals surface area (Å²) in [5, 5.41) is 0. The van der Waals surface area contributed by atoms with Crippen LogP contribution in [0, 0.1) is 11.3 Å². The van der Waals surface area contributed by atoms with Gasteiger partial charge in [-0.25, -0.2) is 0 Å². The molecule has 0 aliphatic rings. The Hall–Kier alpha value is -0.260. The molecule has 0 spiro atoms. The second-order valence-electron chi connectivity index (χ2n) is 4.68. The molecule has 0 radical (unpaired) electrons. The molecule has 0 saturated heterocycles. The van der Waals surface area contributed by atoms with Crippen LogP contribution in [0.1, 0.15) is 53.4 Å². The van der Waals surface area contributed by atoms with Crippen LogP contribution >= 0.6 is 0 Å². The Morgan fingerprint density at radius 3 is 2.25 bits per heavy atom. The molecule has 0 bridgehead atoms. The van der Waals surface area contributed by atoms with Crippen molar-refractivity contribution >= 4 is 0 Å². The van der Waals surface area contributed by atoms with E-state index in [1.54, 1.807) is 0 Å². The maximum absolute atomic E-state index is 3.73. The SMILES string of the molecule is C=CCCCCC(C)(C)C(C)C. The van der Waals surface area contributed by atoms with Crippen molar-refractivity contribution in [2.45, 2.75) is 53.4 Å². The highest BCUT2D eigenvalue weighted by Crippen LogP contribution is 2.31. The first-order valence-corrected chi connectivity index (χ1v) is 5.11. The standard InChI is InChI=1S/C12H24/c1-6-7-8-9-10-12(4,5)11(2)3/h6,11H,1,7-10H2,2-5H3. The average molecular weight is 168 g/mol. The van der Waals surface area contributed by atoms with Crippen molar-refractivity contribution in [1.82, 2.24) is 0 Å². The molecule has 0 aromatic heterocycles. The van der Waals surface area contributed by atoms with Crippen LogP contribution in [0.5, 0.6) is 0 Å². The maximum Gasteiger partial charge on any atom is -0.0331 e. The van der Waals surface area contributed by atoms with Crippen LogP contribution in [0.3, 0.4) is 0 Å². The lowest BCUT2D eigenvalue weighted by Crippen LogP contribution is -2.18. The van der Waals surface area contributed by atoms with E-state index in [9.17, 15) is 0 Å². The minimum atomic E-state index is 0.515. The van der Waals surface area contributed by atoms with Crippen LogP contribution in [0.25, 0.3) is 0 Å². The van der Waals surface area contributed by atoms with Crippen molar-refractivity contribution in [3.05, 3.63) is 12.7 Å². The van der Waals surface area contributed by atoms with Crippen LogP contribution in [0.4, 0.5) is 0 Å². The first kappa shape index (κ1) is 11.7. The average Bonchev–Trinajstić information content (AvgIpc) is 1.98. The van der Waals surface area contributed by atoms with Crippen LogP contribution in [0.2, 0.25) is 0 Å². The normalized spacial score (nSPS) is 12.1. The van der Waals surface area contributed by atoms with Crippen molar-refractivity contribution in [2.75, 3.05) is 0 Å². The third-order valence-electron chi connectivity index (χ3n) is 3.04. The van der Waals surface area contributed by atoms with Gasteiger partial charge in [0.25, 0.3) is 0 Å². The molecule has 0 atom stereocenters. The van der Waals surface area contributed by atoms with E-state index in [1.165, 1.54) is 25.7 Å². The van der Waals surface area contributed by atoms with Crippen molar-refractivity contribution < 1.29 is 0 Å². The molecule has 0 heterocycles. The fourth-order valence-corrected chi connectivity index (χ4v) is 1.16. The summed E-state index contributed by atoms with van der Waals surface area (Å²) in [4.78, 5) is 0. The van der Waals surface area contributed by atoms with Gasteiger partial charge in [0.1, 0.15) is 0 Å². The quantitative estimate of drug-likeness (QED) is 0.407. The maximum atomic E-state index is 3.73. The van der Waals surface area contributed by atoms with Gasteiger partial charge in [0, 0.05) is 0 Å². The van der Waals surface area contributed by atoms with Crippen LogP contribution in [-0.2, 0) is 0 Å². The molecular formula is C12H24. The summed E-state index contributed by atoms with van der Waals surface area (Å²) in [7, 11) is 0. The third-order valence-corrected chi connectivity index (χ3v) is 3.04. The van der Waals surface area contributed by atoms with E-state index in [0.717, 1.165) is 5.92 Å². The zero-order valence-electron chi connectivity index (χ0n) is 9.19. The molecule has 0 saturated carbocycles. The van der Waals surface area contributed by atoms with Crippen molar-refractivity contribution in [2.24, 2.45) is 11.3 Å². The van der Waals surface area contributed by atoms with Gasteiger partial charge < -0.3 is 0 Å². The van der Waals surface area contributed by atoms with Crippen molar-refractivity contribution in [1.29, 1.82) is 0 Å². The van der Waals surface area contributed by atoms with Crippen LogP contribution in [0.15, 0.2) is 12.7 Å². The van der Waals surface area contributed by atoms with Gasteiger partial charge in [0.05, 0.1) is 0 Å². The monoisotopic (exact) mass is 168 g/mol. The molecule has 0 aromatic carbocycles. The van der Waals surface area contributed by atoms with E-state index in [4.69, 9.17) is 0 Å². The molecule has 0 amide bonds. The molecule has 0 nitrogen and oxygen atoms in total. The van der Waals surface area contributed by atoms with E-state index in [0.29, 0.717) is 5.41 Å². The van der Waals surface area contributed by atoms with E-state index in [-0.39, 0.29) is 0 Å². The Labute approximate surface area is 78.1 Å². The first-order chi connectivity index (χ1) is 5.50. The molecule has 12 heavy (non-hydrogen) atoms. The van der Waals surface area contributed by atoms with Gasteiger partial charge >= 0.3 is 0 Å². The minimum Gasteiger partial charge on any atom is -0.103 e. The van der Waals surface area contributed by atoms with E-state index >= 15 is 0 Å². The highest BCUT2D eigenvalue weighted by molar-refractivity contribution is 4.73. The van der Waals surface area contributed by atoms with Crippen LogP contribution in [-0.4, -0.2) is 0 Å². The Morgan fingerprint density at radius 1 is 1.25 bits per heavy atom. The highest BCUT2D eigenvalue weighted by Gasteiger charge is 2.20. The molecular weight excluding hydrogens is 144 g/mol. The predicted octanol–water partition coefficient (Wildman–Crippen LogP) is 4.42. The predicted molar refractivity (Wildman–Crippen MR) is 57.3 cm³/mol.